The van der Waals surface area contributed by atoms with Gasteiger partial charge < -0.3 is 20.8 Å². The standard InChI is InChI=1S/C11H18BN3O2/c1-10(2)11(3,4)17-12(16-10)8-5-7(13)6-9(14)15-8/h5-6H,1-4H3,(H4,13,14,15). The maximum absolute atomic E-state index is 5.86. The van der Waals surface area contributed by atoms with E-state index in [0.29, 0.717) is 17.1 Å². The number of aromatic nitrogens is 1. The van der Waals surface area contributed by atoms with Crippen molar-refractivity contribution in [3.63, 3.8) is 0 Å². The first kappa shape index (κ1) is 12.2. The number of anilines is 2. The molecular formula is C11H18BN3O2. The van der Waals surface area contributed by atoms with Gasteiger partial charge in [0.1, 0.15) is 5.82 Å². The molecule has 4 N–H and O–H groups in total. The van der Waals surface area contributed by atoms with E-state index < -0.39 is 18.3 Å². The second-order valence-electron chi connectivity index (χ2n) is 5.34. The van der Waals surface area contributed by atoms with E-state index in [1.165, 1.54) is 0 Å². The van der Waals surface area contributed by atoms with E-state index in [1.807, 2.05) is 27.7 Å². The summed E-state index contributed by atoms with van der Waals surface area (Å²) in [4.78, 5) is 4.19. The van der Waals surface area contributed by atoms with Crippen LogP contribution in [-0.2, 0) is 9.31 Å². The van der Waals surface area contributed by atoms with Crippen molar-refractivity contribution < 1.29 is 9.31 Å². The fourth-order valence-electron chi connectivity index (χ4n) is 1.68. The number of nitrogens with two attached hydrogens (primary N) is 2. The lowest BCUT2D eigenvalue weighted by Crippen LogP contribution is -2.41. The molecular weight excluding hydrogens is 217 g/mol. The van der Waals surface area contributed by atoms with E-state index in [0.717, 1.165) is 0 Å². The lowest BCUT2D eigenvalue weighted by atomic mass is 9.84. The highest BCUT2D eigenvalue weighted by Crippen LogP contribution is 2.36. The number of rotatable bonds is 1. The van der Waals surface area contributed by atoms with Crippen LogP contribution in [0.4, 0.5) is 11.5 Å². The van der Waals surface area contributed by atoms with Crippen LogP contribution < -0.4 is 17.1 Å². The van der Waals surface area contributed by atoms with Gasteiger partial charge in [-0.2, -0.15) is 0 Å². The lowest BCUT2D eigenvalue weighted by molar-refractivity contribution is 0.00578. The Labute approximate surface area is 102 Å². The molecule has 6 heteroatoms. The second-order valence-corrected chi connectivity index (χ2v) is 5.34. The third-order valence-corrected chi connectivity index (χ3v) is 3.38. The summed E-state index contributed by atoms with van der Waals surface area (Å²) in [5.74, 6) is 0.370. The molecule has 0 bridgehead atoms. The Balaban J connectivity index is 2.32. The number of hydrogen-bond acceptors (Lipinski definition) is 5. The first-order valence-corrected chi connectivity index (χ1v) is 5.60. The van der Waals surface area contributed by atoms with Gasteiger partial charge in [0.15, 0.2) is 0 Å². The molecule has 0 atom stereocenters. The molecule has 0 saturated carbocycles. The average Bonchev–Trinajstić information content (AvgIpc) is 2.34. The van der Waals surface area contributed by atoms with Crippen LogP contribution in [0.25, 0.3) is 0 Å². The molecule has 1 saturated heterocycles. The minimum Gasteiger partial charge on any atom is -0.399 e. The van der Waals surface area contributed by atoms with Gasteiger partial charge in [0, 0.05) is 11.8 Å². The van der Waals surface area contributed by atoms with Crippen LogP contribution in [-0.4, -0.2) is 23.3 Å². The van der Waals surface area contributed by atoms with Gasteiger partial charge in [-0.05, 0) is 33.8 Å². The Kier molecular flexibility index (Phi) is 2.59. The Hall–Kier alpha value is -1.27. The number of pyridine rings is 1. The molecule has 1 aromatic rings. The second kappa shape index (κ2) is 3.61. The van der Waals surface area contributed by atoms with Gasteiger partial charge >= 0.3 is 7.12 Å². The summed E-state index contributed by atoms with van der Waals surface area (Å²) in [6.45, 7) is 7.95. The summed E-state index contributed by atoms with van der Waals surface area (Å²) in [5, 5.41) is 0. The van der Waals surface area contributed by atoms with Crippen molar-refractivity contribution in [2.75, 3.05) is 11.5 Å². The smallest absolute Gasteiger partial charge is 0.399 e. The van der Waals surface area contributed by atoms with Crippen molar-refractivity contribution in [1.29, 1.82) is 0 Å². The van der Waals surface area contributed by atoms with E-state index >= 15 is 0 Å². The molecule has 17 heavy (non-hydrogen) atoms. The quantitative estimate of drug-likeness (QED) is 0.694. The molecule has 1 aliphatic heterocycles. The van der Waals surface area contributed by atoms with E-state index in [9.17, 15) is 0 Å². The SMILES string of the molecule is CC1(C)OB(c2cc(N)cc(N)n2)OC1(C)C. The summed E-state index contributed by atoms with van der Waals surface area (Å²) in [7, 11) is -0.522. The van der Waals surface area contributed by atoms with Crippen LogP contribution in [0.1, 0.15) is 27.7 Å². The van der Waals surface area contributed by atoms with Gasteiger partial charge in [0.2, 0.25) is 0 Å². The number of hydrogen-bond donors (Lipinski definition) is 2. The van der Waals surface area contributed by atoms with Crippen LogP contribution >= 0.6 is 0 Å². The molecule has 0 radical (unpaired) electrons. The van der Waals surface area contributed by atoms with E-state index in [4.69, 9.17) is 20.8 Å². The molecule has 0 aromatic carbocycles. The summed E-state index contributed by atoms with van der Waals surface area (Å²) in [5.41, 5.74) is 11.8. The monoisotopic (exact) mass is 235 g/mol. The average molecular weight is 235 g/mol. The first-order chi connectivity index (χ1) is 7.71. The maximum Gasteiger partial charge on any atom is 0.514 e. The summed E-state index contributed by atoms with van der Waals surface area (Å²) in [6.07, 6.45) is 0. The molecule has 1 fully saturated rings. The van der Waals surface area contributed by atoms with Crippen molar-refractivity contribution in [3.8, 4) is 0 Å². The lowest BCUT2D eigenvalue weighted by Gasteiger charge is -2.32. The van der Waals surface area contributed by atoms with Crippen molar-refractivity contribution in [1.82, 2.24) is 4.98 Å². The Morgan fingerprint density at radius 1 is 1.06 bits per heavy atom. The third-order valence-electron chi connectivity index (χ3n) is 3.38. The highest BCUT2D eigenvalue weighted by atomic mass is 16.7. The highest BCUT2D eigenvalue weighted by Gasteiger charge is 2.52. The van der Waals surface area contributed by atoms with Crippen LogP contribution in [0.5, 0.6) is 0 Å². The first-order valence-electron chi connectivity index (χ1n) is 5.60. The fraction of sp³-hybridized carbons (Fsp3) is 0.545. The van der Waals surface area contributed by atoms with Gasteiger partial charge in [0.25, 0.3) is 0 Å². The van der Waals surface area contributed by atoms with Gasteiger partial charge in [-0.1, -0.05) is 0 Å². The van der Waals surface area contributed by atoms with Crippen molar-refractivity contribution >= 4 is 24.2 Å². The van der Waals surface area contributed by atoms with Gasteiger partial charge in [-0.3, -0.25) is 0 Å². The van der Waals surface area contributed by atoms with Crippen LogP contribution in [0.2, 0.25) is 0 Å². The van der Waals surface area contributed by atoms with Crippen LogP contribution in [0.15, 0.2) is 12.1 Å². The largest absolute Gasteiger partial charge is 0.514 e. The van der Waals surface area contributed by atoms with Crippen molar-refractivity contribution in [3.05, 3.63) is 12.1 Å². The highest BCUT2D eigenvalue weighted by molar-refractivity contribution is 6.61. The molecule has 1 aromatic heterocycles. The zero-order valence-electron chi connectivity index (χ0n) is 10.7. The molecule has 2 heterocycles. The molecule has 1 aliphatic rings. The zero-order chi connectivity index (χ0) is 12.8. The molecule has 0 spiro atoms. The predicted molar refractivity (Wildman–Crippen MR) is 68.8 cm³/mol. The Bertz CT molecular complexity index is 412. The predicted octanol–water partition coefficient (Wildman–Crippen LogP) is 0.545. The number of nitrogens with zero attached hydrogens (tertiary/aromatic N) is 1. The Morgan fingerprint density at radius 2 is 1.59 bits per heavy atom. The topological polar surface area (TPSA) is 83.4 Å². The minimum atomic E-state index is -0.522. The summed E-state index contributed by atoms with van der Waals surface area (Å²) >= 11 is 0. The van der Waals surface area contributed by atoms with Gasteiger partial charge in [-0.15, -0.1) is 0 Å². The molecule has 92 valence electrons. The van der Waals surface area contributed by atoms with Crippen molar-refractivity contribution in [2.45, 2.75) is 38.9 Å². The van der Waals surface area contributed by atoms with E-state index in [-0.39, 0.29) is 0 Å². The Morgan fingerprint density at radius 3 is 2.06 bits per heavy atom. The minimum absolute atomic E-state index is 0.370. The molecule has 0 unspecified atom stereocenters. The van der Waals surface area contributed by atoms with Crippen molar-refractivity contribution in [2.24, 2.45) is 0 Å². The summed E-state index contributed by atoms with van der Waals surface area (Å²) in [6, 6.07) is 3.33. The molecule has 0 aliphatic carbocycles. The normalized spacial score (nSPS) is 21.8. The molecule has 0 amide bonds. The van der Waals surface area contributed by atoms with Crippen LogP contribution in [0.3, 0.4) is 0 Å². The van der Waals surface area contributed by atoms with E-state index in [1.54, 1.807) is 12.1 Å². The van der Waals surface area contributed by atoms with Gasteiger partial charge in [0.05, 0.1) is 16.8 Å². The maximum atomic E-state index is 5.86. The molecule has 2 rings (SSSR count). The third kappa shape index (κ3) is 2.10. The zero-order valence-corrected chi connectivity index (χ0v) is 10.7. The summed E-state index contributed by atoms with van der Waals surface area (Å²) < 4.78 is 11.7. The fourth-order valence-corrected chi connectivity index (χ4v) is 1.68. The van der Waals surface area contributed by atoms with Crippen LogP contribution in [0, 0.1) is 0 Å². The van der Waals surface area contributed by atoms with E-state index in [2.05, 4.69) is 4.98 Å². The number of nitrogen functional groups attached to an aromatic ring is 2. The van der Waals surface area contributed by atoms with Gasteiger partial charge in [-0.25, -0.2) is 4.98 Å². The molecule has 5 nitrogen and oxygen atoms in total.